The third kappa shape index (κ3) is 3.04. The van der Waals surface area contributed by atoms with E-state index in [1.165, 1.54) is 6.92 Å². The molecule has 0 fully saturated rings. The number of carbonyl (C=O) groups excluding carboxylic acids is 1. The van der Waals surface area contributed by atoms with Crippen LogP contribution in [0.15, 0.2) is 61.2 Å². The largest absolute Gasteiger partial charge is 0.311 e. The molecule has 128 valence electrons. The molecule has 0 atom stereocenters. The van der Waals surface area contributed by atoms with Crippen molar-refractivity contribution >= 4 is 22.6 Å². The molecule has 0 saturated carbocycles. The average molecular weight is 343 g/mol. The van der Waals surface area contributed by atoms with Gasteiger partial charge in [-0.2, -0.15) is 5.10 Å². The molecule has 26 heavy (non-hydrogen) atoms. The molecule has 0 spiro atoms. The summed E-state index contributed by atoms with van der Waals surface area (Å²) in [5.74, 6) is 0.387. The van der Waals surface area contributed by atoms with Crippen molar-refractivity contribution in [1.29, 1.82) is 0 Å². The molecule has 3 aromatic heterocycles. The molecule has 0 bridgehead atoms. The van der Waals surface area contributed by atoms with Gasteiger partial charge in [-0.1, -0.05) is 24.3 Å². The van der Waals surface area contributed by atoms with E-state index in [9.17, 15) is 4.79 Å². The van der Waals surface area contributed by atoms with Crippen molar-refractivity contribution in [2.24, 2.45) is 7.05 Å². The highest BCUT2D eigenvalue weighted by Gasteiger charge is 2.09. The van der Waals surface area contributed by atoms with E-state index in [4.69, 9.17) is 0 Å². The van der Waals surface area contributed by atoms with Crippen molar-refractivity contribution < 1.29 is 4.79 Å². The third-order valence-corrected chi connectivity index (χ3v) is 4.14. The lowest BCUT2D eigenvalue weighted by molar-refractivity contribution is -0.114. The van der Waals surface area contributed by atoms with Crippen molar-refractivity contribution in [2.75, 3.05) is 5.32 Å². The van der Waals surface area contributed by atoms with Gasteiger partial charge in [-0.05, 0) is 23.3 Å². The summed E-state index contributed by atoms with van der Waals surface area (Å²) < 4.78 is 1.78. The molecule has 0 radical (unpaired) electrons. The minimum absolute atomic E-state index is 0.145. The van der Waals surface area contributed by atoms with Gasteiger partial charge in [0.25, 0.3) is 0 Å². The Morgan fingerprint density at radius 2 is 1.73 bits per heavy atom. The van der Waals surface area contributed by atoms with Gasteiger partial charge in [0, 0.05) is 49.1 Å². The predicted octanol–water partition coefficient (Wildman–Crippen LogP) is 3.66. The van der Waals surface area contributed by atoms with Crippen LogP contribution >= 0.6 is 0 Å². The fourth-order valence-electron chi connectivity index (χ4n) is 2.92. The van der Waals surface area contributed by atoms with Crippen LogP contribution in [-0.2, 0) is 11.8 Å². The molecule has 4 rings (SSSR count). The van der Waals surface area contributed by atoms with Crippen LogP contribution in [-0.4, -0.2) is 25.7 Å². The normalized spacial score (nSPS) is 10.8. The lowest BCUT2D eigenvalue weighted by atomic mass is 10.0. The van der Waals surface area contributed by atoms with Crippen molar-refractivity contribution in [1.82, 2.24) is 19.7 Å². The molecule has 1 amide bonds. The molecule has 0 saturated heterocycles. The summed E-state index contributed by atoms with van der Waals surface area (Å²) >= 11 is 0. The first-order chi connectivity index (χ1) is 12.6. The minimum atomic E-state index is -0.145. The number of hydrogen-bond acceptors (Lipinski definition) is 4. The zero-order valence-electron chi connectivity index (χ0n) is 14.5. The second kappa shape index (κ2) is 6.40. The van der Waals surface area contributed by atoms with Gasteiger partial charge in [-0.3, -0.25) is 14.5 Å². The molecule has 4 aromatic rings. The van der Waals surface area contributed by atoms with Crippen LogP contribution in [0.2, 0.25) is 0 Å². The quantitative estimate of drug-likeness (QED) is 0.616. The monoisotopic (exact) mass is 343 g/mol. The molecule has 3 heterocycles. The van der Waals surface area contributed by atoms with E-state index in [0.717, 1.165) is 33.2 Å². The van der Waals surface area contributed by atoms with Gasteiger partial charge in [0.1, 0.15) is 5.82 Å². The first-order valence-electron chi connectivity index (χ1n) is 8.22. The Hall–Kier alpha value is -3.54. The second-order valence-corrected chi connectivity index (χ2v) is 6.12. The molecule has 1 N–H and O–H groups in total. The van der Waals surface area contributed by atoms with Crippen LogP contribution in [0, 0.1) is 0 Å². The Morgan fingerprint density at radius 3 is 2.42 bits per heavy atom. The zero-order chi connectivity index (χ0) is 18.1. The minimum Gasteiger partial charge on any atom is -0.311 e. The second-order valence-electron chi connectivity index (χ2n) is 6.12. The maximum absolute atomic E-state index is 11.3. The third-order valence-electron chi connectivity index (χ3n) is 4.14. The van der Waals surface area contributed by atoms with Crippen LogP contribution in [0.3, 0.4) is 0 Å². The van der Waals surface area contributed by atoms with Gasteiger partial charge < -0.3 is 5.32 Å². The smallest absolute Gasteiger partial charge is 0.222 e. The average Bonchev–Trinajstić information content (AvgIpc) is 3.07. The number of nitrogens with one attached hydrogen (secondary N) is 1. The number of rotatable bonds is 3. The molecular formula is C20H17N5O. The number of hydrogen-bond donors (Lipinski definition) is 1. The van der Waals surface area contributed by atoms with Crippen molar-refractivity contribution in [2.45, 2.75) is 6.92 Å². The number of aromatic nitrogens is 4. The first kappa shape index (κ1) is 16.0. The van der Waals surface area contributed by atoms with Crippen molar-refractivity contribution in [3.63, 3.8) is 0 Å². The van der Waals surface area contributed by atoms with E-state index in [1.54, 1.807) is 23.1 Å². The fraction of sp³-hybridized carbons (Fsp3) is 0.100. The number of aryl methyl sites for hydroxylation is 1. The molecule has 6 heteroatoms. The predicted molar refractivity (Wildman–Crippen MR) is 101 cm³/mol. The fourth-order valence-corrected chi connectivity index (χ4v) is 2.92. The van der Waals surface area contributed by atoms with Crippen molar-refractivity contribution in [3.8, 4) is 22.3 Å². The Kier molecular flexibility index (Phi) is 3.93. The van der Waals surface area contributed by atoms with E-state index in [2.05, 4.69) is 32.5 Å². The Labute approximate surface area is 150 Å². The standard InChI is InChI=1S/C20H17N5O/c1-13(26)23-19-8-7-16-9-21-11-18(20(16)24-19)15-5-3-14(4-6-15)17-10-22-25(2)12-17/h3-12H,1-2H3,(H,23,24,26). The van der Waals surface area contributed by atoms with Crippen LogP contribution < -0.4 is 5.32 Å². The molecule has 6 nitrogen and oxygen atoms in total. The summed E-state index contributed by atoms with van der Waals surface area (Å²) in [6, 6.07) is 11.9. The molecule has 0 aliphatic heterocycles. The molecular weight excluding hydrogens is 326 g/mol. The number of anilines is 1. The number of benzene rings is 1. The maximum atomic E-state index is 11.3. The molecule has 0 unspecified atom stereocenters. The van der Waals surface area contributed by atoms with Gasteiger partial charge in [-0.15, -0.1) is 0 Å². The Morgan fingerprint density at radius 1 is 0.962 bits per heavy atom. The molecule has 0 aliphatic carbocycles. The van der Waals surface area contributed by atoms with E-state index in [1.807, 2.05) is 37.6 Å². The number of carbonyl (C=O) groups is 1. The zero-order valence-corrected chi connectivity index (χ0v) is 14.5. The van der Waals surface area contributed by atoms with E-state index in [0.29, 0.717) is 5.82 Å². The van der Waals surface area contributed by atoms with Crippen molar-refractivity contribution in [3.05, 3.63) is 61.2 Å². The lowest BCUT2D eigenvalue weighted by Gasteiger charge is -2.08. The van der Waals surface area contributed by atoms with Gasteiger partial charge >= 0.3 is 0 Å². The summed E-state index contributed by atoms with van der Waals surface area (Å²) in [6.07, 6.45) is 7.39. The highest BCUT2D eigenvalue weighted by atomic mass is 16.1. The number of amides is 1. The summed E-state index contributed by atoms with van der Waals surface area (Å²) in [4.78, 5) is 20.2. The number of nitrogens with zero attached hydrogens (tertiary/aromatic N) is 4. The molecule has 1 aromatic carbocycles. The topological polar surface area (TPSA) is 72.7 Å². The Bertz CT molecular complexity index is 1100. The van der Waals surface area contributed by atoms with Gasteiger partial charge in [-0.25, -0.2) is 4.98 Å². The summed E-state index contributed by atoms with van der Waals surface area (Å²) in [6.45, 7) is 1.47. The van der Waals surface area contributed by atoms with Crippen LogP contribution in [0.1, 0.15) is 6.92 Å². The number of fused-ring (bicyclic) bond motifs is 1. The van der Waals surface area contributed by atoms with Crippen LogP contribution in [0.4, 0.5) is 5.82 Å². The Balaban J connectivity index is 1.76. The van der Waals surface area contributed by atoms with Crippen LogP contribution in [0.5, 0.6) is 0 Å². The van der Waals surface area contributed by atoms with E-state index < -0.39 is 0 Å². The van der Waals surface area contributed by atoms with Gasteiger partial charge in [0.15, 0.2) is 0 Å². The summed E-state index contributed by atoms with van der Waals surface area (Å²) in [5.41, 5.74) is 4.92. The number of pyridine rings is 2. The maximum Gasteiger partial charge on any atom is 0.222 e. The summed E-state index contributed by atoms with van der Waals surface area (Å²) in [5, 5.41) is 7.86. The first-order valence-corrected chi connectivity index (χ1v) is 8.22. The molecule has 0 aliphatic rings. The van der Waals surface area contributed by atoms with Gasteiger partial charge in [0.2, 0.25) is 5.91 Å². The van der Waals surface area contributed by atoms with E-state index >= 15 is 0 Å². The van der Waals surface area contributed by atoms with Crippen LogP contribution in [0.25, 0.3) is 33.2 Å². The highest BCUT2D eigenvalue weighted by Crippen LogP contribution is 2.29. The van der Waals surface area contributed by atoms with E-state index in [-0.39, 0.29) is 5.91 Å². The highest BCUT2D eigenvalue weighted by molar-refractivity contribution is 5.95. The van der Waals surface area contributed by atoms with Gasteiger partial charge in [0.05, 0.1) is 11.7 Å². The SMILES string of the molecule is CC(=O)Nc1ccc2cncc(-c3ccc(-c4cnn(C)c4)cc3)c2n1. The summed E-state index contributed by atoms with van der Waals surface area (Å²) in [7, 11) is 1.90. The lowest BCUT2D eigenvalue weighted by Crippen LogP contribution is -2.07.